The first-order valence-electron chi connectivity index (χ1n) is 4.67. The van der Waals surface area contributed by atoms with Crippen LogP contribution < -0.4 is 5.73 Å². The monoisotopic (exact) mass is 230 g/mol. The first kappa shape index (κ1) is 11.8. The Kier molecular flexibility index (Phi) is 4.72. The SMILES string of the molecule is CCC(N)C(C)Sc1ccc(Cl)cn1. The van der Waals surface area contributed by atoms with Crippen molar-refractivity contribution in [3.05, 3.63) is 23.4 Å². The smallest absolute Gasteiger partial charge is 0.0964 e. The van der Waals surface area contributed by atoms with Crippen molar-refractivity contribution in [3.8, 4) is 0 Å². The van der Waals surface area contributed by atoms with Crippen molar-refractivity contribution in [1.29, 1.82) is 0 Å². The van der Waals surface area contributed by atoms with Crippen LogP contribution in [-0.2, 0) is 0 Å². The molecule has 2 nitrogen and oxygen atoms in total. The number of nitrogens with two attached hydrogens (primary N) is 1. The van der Waals surface area contributed by atoms with Gasteiger partial charge in [-0.05, 0) is 18.6 Å². The number of halogens is 1. The second-order valence-electron chi connectivity index (χ2n) is 3.21. The van der Waals surface area contributed by atoms with Gasteiger partial charge < -0.3 is 5.73 Å². The molecule has 0 saturated carbocycles. The van der Waals surface area contributed by atoms with E-state index in [0.717, 1.165) is 11.4 Å². The molecule has 14 heavy (non-hydrogen) atoms. The standard InChI is InChI=1S/C10H15ClN2S/c1-3-9(12)7(2)14-10-5-4-8(11)6-13-10/h4-7,9H,3,12H2,1-2H3. The van der Waals surface area contributed by atoms with Gasteiger partial charge in [-0.15, -0.1) is 11.8 Å². The van der Waals surface area contributed by atoms with Gasteiger partial charge in [0.05, 0.1) is 10.0 Å². The third-order valence-electron chi connectivity index (χ3n) is 2.08. The Morgan fingerprint density at radius 2 is 2.29 bits per heavy atom. The van der Waals surface area contributed by atoms with Gasteiger partial charge in [0.1, 0.15) is 0 Å². The Bertz CT molecular complexity index is 276. The fourth-order valence-electron chi connectivity index (χ4n) is 1.04. The van der Waals surface area contributed by atoms with Crippen LogP contribution >= 0.6 is 23.4 Å². The molecule has 4 heteroatoms. The van der Waals surface area contributed by atoms with Crippen LogP contribution in [0.4, 0.5) is 0 Å². The van der Waals surface area contributed by atoms with Crippen LogP contribution in [0.5, 0.6) is 0 Å². The zero-order valence-corrected chi connectivity index (χ0v) is 9.98. The quantitative estimate of drug-likeness (QED) is 0.809. The zero-order valence-electron chi connectivity index (χ0n) is 8.40. The van der Waals surface area contributed by atoms with E-state index in [1.807, 2.05) is 12.1 Å². The lowest BCUT2D eigenvalue weighted by Crippen LogP contribution is -2.29. The average molecular weight is 231 g/mol. The van der Waals surface area contributed by atoms with Gasteiger partial charge in [-0.25, -0.2) is 4.98 Å². The molecule has 2 N–H and O–H groups in total. The molecule has 0 fully saturated rings. The normalized spacial score (nSPS) is 15.1. The first-order chi connectivity index (χ1) is 6.63. The third kappa shape index (κ3) is 3.48. The summed E-state index contributed by atoms with van der Waals surface area (Å²) in [7, 11) is 0. The maximum absolute atomic E-state index is 5.92. The maximum atomic E-state index is 5.92. The fourth-order valence-corrected chi connectivity index (χ4v) is 2.16. The average Bonchev–Trinajstić information content (AvgIpc) is 2.20. The van der Waals surface area contributed by atoms with Crippen LogP contribution in [0.15, 0.2) is 23.4 Å². The molecule has 2 unspecified atom stereocenters. The van der Waals surface area contributed by atoms with Gasteiger partial charge in [-0.1, -0.05) is 25.4 Å². The van der Waals surface area contributed by atoms with Crippen molar-refractivity contribution in [2.24, 2.45) is 5.73 Å². The minimum Gasteiger partial charge on any atom is -0.327 e. The number of nitrogens with zero attached hydrogens (tertiary/aromatic N) is 1. The summed E-state index contributed by atoms with van der Waals surface area (Å²) < 4.78 is 0. The number of rotatable bonds is 4. The molecule has 1 aromatic heterocycles. The molecule has 1 rings (SSSR count). The van der Waals surface area contributed by atoms with E-state index in [1.165, 1.54) is 0 Å². The van der Waals surface area contributed by atoms with Gasteiger partial charge in [-0.2, -0.15) is 0 Å². The summed E-state index contributed by atoms with van der Waals surface area (Å²) in [6.45, 7) is 4.21. The topological polar surface area (TPSA) is 38.9 Å². The van der Waals surface area contributed by atoms with E-state index in [4.69, 9.17) is 17.3 Å². The van der Waals surface area contributed by atoms with Crippen molar-refractivity contribution in [3.63, 3.8) is 0 Å². The van der Waals surface area contributed by atoms with Crippen LogP contribution in [-0.4, -0.2) is 16.3 Å². The Labute approximate surface area is 94.2 Å². The molecule has 2 atom stereocenters. The number of pyridine rings is 1. The summed E-state index contributed by atoms with van der Waals surface area (Å²) in [5.74, 6) is 0. The van der Waals surface area contributed by atoms with Crippen LogP contribution in [0, 0.1) is 0 Å². The first-order valence-corrected chi connectivity index (χ1v) is 5.93. The largest absolute Gasteiger partial charge is 0.327 e. The van der Waals surface area contributed by atoms with Gasteiger partial charge >= 0.3 is 0 Å². The number of hydrogen-bond donors (Lipinski definition) is 1. The number of hydrogen-bond acceptors (Lipinski definition) is 3. The highest BCUT2D eigenvalue weighted by Gasteiger charge is 2.12. The Balaban J connectivity index is 2.56. The van der Waals surface area contributed by atoms with Crippen molar-refractivity contribution in [2.75, 3.05) is 0 Å². The van der Waals surface area contributed by atoms with Crippen molar-refractivity contribution < 1.29 is 0 Å². The van der Waals surface area contributed by atoms with E-state index >= 15 is 0 Å². The molecule has 0 saturated heterocycles. The van der Waals surface area contributed by atoms with Gasteiger partial charge in [0.15, 0.2) is 0 Å². The Morgan fingerprint density at radius 3 is 2.79 bits per heavy atom. The van der Waals surface area contributed by atoms with E-state index in [9.17, 15) is 0 Å². The zero-order chi connectivity index (χ0) is 10.6. The molecule has 78 valence electrons. The molecular weight excluding hydrogens is 216 g/mol. The van der Waals surface area contributed by atoms with Crippen molar-refractivity contribution in [2.45, 2.75) is 36.6 Å². The van der Waals surface area contributed by atoms with Gasteiger partial charge in [0.25, 0.3) is 0 Å². The van der Waals surface area contributed by atoms with Gasteiger partial charge in [-0.3, -0.25) is 0 Å². The second kappa shape index (κ2) is 5.59. The van der Waals surface area contributed by atoms with Crippen LogP contribution in [0.3, 0.4) is 0 Å². The fraction of sp³-hybridized carbons (Fsp3) is 0.500. The highest BCUT2D eigenvalue weighted by atomic mass is 35.5. The van der Waals surface area contributed by atoms with E-state index < -0.39 is 0 Å². The lowest BCUT2D eigenvalue weighted by Gasteiger charge is -2.16. The number of thioether (sulfide) groups is 1. The molecule has 0 aliphatic heterocycles. The second-order valence-corrected chi connectivity index (χ2v) is 5.04. The Morgan fingerprint density at radius 1 is 1.57 bits per heavy atom. The summed E-state index contributed by atoms with van der Waals surface area (Å²) in [4.78, 5) is 4.21. The molecule has 0 aromatic carbocycles. The molecule has 0 spiro atoms. The van der Waals surface area contributed by atoms with Gasteiger partial charge in [0.2, 0.25) is 0 Å². The molecule has 1 aromatic rings. The molecule has 0 radical (unpaired) electrons. The molecule has 0 aliphatic carbocycles. The van der Waals surface area contributed by atoms with Crippen molar-refractivity contribution >= 4 is 23.4 Å². The minimum atomic E-state index is 0.220. The van der Waals surface area contributed by atoms with Gasteiger partial charge in [0, 0.05) is 17.5 Å². The van der Waals surface area contributed by atoms with Crippen LogP contribution in [0.25, 0.3) is 0 Å². The molecule has 0 amide bonds. The summed E-state index contributed by atoms with van der Waals surface area (Å²) >= 11 is 7.43. The third-order valence-corrected chi connectivity index (χ3v) is 3.51. The van der Waals surface area contributed by atoms with E-state index in [0.29, 0.717) is 10.3 Å². The highest BCUT2D eigenvalue weighted by Crippen LogP contribution is 2.24. The van der Waals surface area contributed by atoms with E-state index in [1.54, 1.807) is 18.0 Å². The minimum absolute atomic E-state index is 0.220. The lowest BCUT2D eigenvalue weighted by molar-refractivity contribution is 0.642. The molecule has 0 bridgehead atoms. The van der Waals surface area contributed by atoms with Crippen LogP contribution in [0.1, 0.15) is 20.3 Å². The highest BCUT2D eigenvalue weighted by molar-refractivity contribution is 7.99. The Hall–Kier alpha value is -0.250. The van der Waals surface area contributed by atoms with Crippen molar-refractivity contribution in [1.82, 2.24) is 4.98 Å². The summed E-state index contributed by atoms with van der Waals surface area (Å²) in [6, 6.07) is 3.99. The predicted molar refractivity (Wildman–Crippen MR) is 62.8 cm³/mol. The number of aromatic nitrogens is 1. The summed E-state index contributed by atoms with van der Waals surface area (Å²) in [6.07, 6.45) is 2.65. The molecule has 1 heterocycles. The lowest BCUT2D eigenvalue weighted by atomic mass is 10.2. The summed E-state index contributed by atoms with van der Waals surface area (Å²) in [5, 5.41) is 2.03. The maximum Gasteiger partial charge on any atom is 0.0964 e. The molecular formula is C10H15ClN2S. The predicted octanol–water partition coefficient (Wildman–Crippen LogP) is 2.95. The van der Waals surface area contributed by atoms with Crippen LogP contribution in [0.2, 0.25) is 5.02 Å². The van der Waals surface area contributed by atoms with E-state index in [2.05, 4.69) is 18.8 Å². The summed E-state index contributed by atoms with van der Waals surface area (Å²) in [5.41, 5.74) is 5.92. The molecule has 0 aliphatic rings. The van der Waals surface area contributed by atoms with E-state index in [-0.39, 0.29) is 6.04 Å².